The Morgan fingerprint density at radius 1 is 1.48 bits per heavy atom. The molecule has 1 saturated carbocycles. The number of hydrogen-bond donors (Lipinski definition) is 1. The minimum Gasteiger partial charge on any atom is -0.268 e. The second-order valence-electron chi connectivity index (χ2n) is 6.75. The average Bonchev–Trinajstić information content (AvgIpc) is 2.46. The fourth-order valence-corrected chi connectivity index (χ4v) is 5.33. The number of hydrogen-bond acceptors (Lipinski definition) is 2. The van der Waals surface area contributed by atoms with Crippen molar-refractivity contribution in [1.82, 2.24) is 10.2 Å². The Labute approximate surface area is 136 Å². The zero-order valence-electron chi connectivity index (χ0n) is 13.4. The summed E-state index contributed by atoms with van der Waals surface area (Å²) in [6.45, 7) is 6.80. The molecule has 4 heteroatoms. The van der Waals surface area contributed by atoms with Gasteiger partial charge in [-0.05, 0) is 37.2 Å². The van der Waals surface area contributed by atoms with Crippen LogP contribution in [0.15, 0.2) is 16.9 Å². The van der Waals surface area contributed by atoms with Crippen molar-refractivity contribution < 1.29 is 0 Å². The second-order valence-corrected chi connectivity index (χ2v) is 7.86. The largest absolute Gasteiger partial charge is 0.268 e. The molecule has 0 aliphatic heterocycles. The molecule has 0 radical (unpaired) electrons. The van der Waals surface area contributed by atoms with Gasteiger partial charge in [-0.2, -0.15) is 5.10 Å². The van der Waals surface area contributed by atoms with Crippen molar-refractivity contribution in [2.75, 3.05) is 0 Å². The molecule has 1 aromatic rings. The Balaban J connectivity index is 2.24. The molecule has 0 amide bonds. The van der Waals surface area contributed by atoms with Crippen molar-refractivity contribution in [1.29, 1.82) is 0 Å². The third kappa shape index (κ3) is 3.41. The zero-order valence-corrected chi connectivity index (χ0v) is 14.9. The van der Waals surface area contributed by atoms with Gasteiger partial charge < -0.3 is 0 Å². The summed E-state index contributed by atoms with van der Waals surface area (Å²) >= 11 is 3.97. The molecule has 3 unspecified atom stereocenters. The van der Waals surface area contributed by atoms with Gasteiger partial charge >= 0.3 is 0 Å². The van der Waals surface area contributed by atoms with E-state index in [0.29, 0.717) is 10.7 Å². The van der Waals surface area contributed by atoms with Gasteiger partial charge in [-0.1, -0.05) is 56.0 Å². The van der Waals surface area contributed by atoms with Gasteiger partial charge in [0.05, 0.1) is 5.69 Å². The number of H-pyrrole nitrogens is 1. The number of nitrogens with one attached hydrogen (secondary N) is 1. The van der Waals surface area contributed by atoms with Crippen molar-refractivity contribution in [2.45, 2.75) is 69.5 Å². The average molecular weight is 355 g/mol. The lowest BCUT2D eigenvalue weighted by Crippen LogP contribution is -2.46. The van der Waals surface area contributed by atoms with Crippen LogP contribution in [0.25, 0.3) is 0 Å². The molecule has 1 fully saturated rings. The first kappa shape index (κ1) is 16.7. The highest BCUT2D eigenvalue weighted by molar-refractivity contribution is 9.09. The quantitative estimate of drug-likeness (QED) is 0.795. The van der Waals surface area contributed by atoms with E-state index in [1.165, 1.54) is 32.1 Å². The van der Waals surface area contributed by atoms with Crippen LogP contribution in [0.4, 0.5) is 0 Å². The van der Waals surface area contributed by atoms with Crippen molar-refractivity contribution in [2.24, 2.45) is 11.8 Å². The summed E-state index contributed by atoms with van der Waals surface area (Å²) in [7, 11) is 0. The highest BCUT2D eigenvalue weighted by Gasteiger charge is 2.46. The molecule has 1 heterocycles. The van der Waals surface area contributed by atoms with Crippen LogP contribution in [-0.4, -0.2) is 15.0 Å². The van der Waals surface area contributed by atoms with Crippen molar-refractivity contribution in [3.05, 3.63) is 28.2 Å². The number of halogens is 1. The number of alkyl halides is 1. The lowest BCUT2D eigenvalue weighted by atomic mass is 9.62. The zero-order chi connectivity index (χ0) is 15.5. The van der Waals surface area contributed by atoms with Crippen LogP contribution < -0.4 is 5.56 Å². The van der Waals surface area contributed by atoms with Gasteiger partial charge in [0.1, 0.15) is 0 Å². The first-order valence-corrected chi connectivity index (χ1v) is 9.12. The van der Waals surface area contributed by atoms with Gasteiger partial charge in [0.15, 0.2) is 0 Å². The second kappa shape index (κ2) is 7.08. The molecule has 1 aliphatic carbocycles. The fraction of sp³-hybridized carbons (Fsp3) is 0.765. The van der Waals surface area contributed by atoms with Gasteiger partial charge in [0.2, 0.25) is 0 Å². The van der Waals surface area contributed by atoms with E-state index >= 15 is 0 Å². The van der Waals surface area contributed by atoms with Gasteiger partial charge in [-0.15, -0.1) is 0 Å². The van der Waals surface area contributed by atoms with E-state index in [-0.39, 0.29) is 11.0 Å². The molecule has 1 aromatic heterocycles. The first-order chi connectivity index (χ1) is 10.0. The molecule has 0 saturated heterocycles. The molecule has 3 nitrogen and oxygen atoms in total. The van der Waals surface area contributed by atoms with E-state index in [0.717, 1.165) is 18.0 Å². The molecule has 21 heavy (non-hydrogen) atoms. The van der Waals surface area contributed by atoms with Crippen LogP contribution in [0.3, 0.4) is 0 Å². The fourth-order valence-electron chi connectivity index (χ4n) is 3.81. The summed E-state index contributed by atoms with van der Waals surface area (Å²) in [6, 6.07) is 3.52. The molecule has 1 N–H and O–H groups in total. The number of rotatable bonds is 5. The van der Waals surface area contributed by atoms with E-state index in [4.69, 9.17) is 0 Å². The maximum absolute atomic E-state index is 11.3. The SMILES string of the molecule is CCCCC1CCC(c2ccc(=O)[nH]n2)(C(C)C)C(Br)C1. The van der Waals surface area contributed by atoms with E-state index in [1.807, 2.05) is 6.07 Å². The predicted octanol–water partition coefficient (Wildman–Crippen LogP) is 4.42. The molecule has 0 bridgehead atoms. The summed E-state index contributed by atoms with van der Waals surface area (Å²) < 4.78 is 0. The van der Waals surface area contributed by atoms with E-state index in [1.54, 1.807) is 6.07 Å². The van der Waals surface area contributed by atoms with E-state index in [2.05, 4.69) is 46.9 Å². The standard InChI is InChI=1S/C17H27BrN2O/c1-4-5-6-13-9-10-17(12(2)3,14(18)11-13)15-7-8-16(21)20-19-15/h7-8,12-14H,4-6,9-11H2,1-3H3,(H,20,21). The molecular weight excluding hydrogens is 328 g/mol. The Hall–Kier alpha value is -0.640. The molecule has 2 rings (SSSR count). The Bertz CT molecular complexity index is 493. The molecule has 1 aliphatic rings. The summed E-state index contributed by atoms with van der Waals surface area (Å²) in [5.41, 5.74) is 0.945. The lowest BCUT2D eigenvalue weighted by Gasteiger charge is -2.46. The first-order valence-electron chi connectivity index (χ1n) is 8.21. The smallest absolute Gasteiger partial charge is 0.264 e. The van der Waals surface area contributed by atoms with Crippen LogP contribution in [-0.2, 0) is 5.41 Å². The van der Waals surface area contributed by atoms with Crippen molar-refractivity contribution in [3.63, 3.8) is 0 Å². The minimum atomic E-state index is -0.125. The Morgan fingerprint density at radius 3 is 2.76 bits per heavy atom. The van der Waals surface area contributed by atoms with Crippen LogP contribution in [0, 0.1) is 11.8 Å². The lowest BCUT2D eigenvalue weighted by molar-refractivity contribution is 0.174. The Morgan fingerprint density at radius 2 is 2.24 bits per heavy atom. The highest BCUT2D eigenvalue weighted by Crippen LogP contribution is 2.49. The van der Waals surface area contributed by atoms with E-state index in [9.17, 15) is 4.79 Å². The topological polar surface area (TPSA) is 45.8 Å². The molecule has 118 valence electrons. The monoisotopic (exact) mass is 354 g/mol. The Kier molecular flexibility index (Phi) is 5.64. The van der Waals surface area contributed by atoms with Gasteiger partial charge in [-0.25, -0.2) is 5.10 Å². The van der Waals surface area contributed by atoms with Crippen LogP contribution in [0.2, 0.25) is 0 Å². The number of aromatic nitrogens is 2. The molecular formula is C17H27BrN2O. The third-order valence-electron chi connectivity index (χ3n) is 5.22. The van der Waals surface area contributed by atoms with E-state index < -0.39 is 0 Å². The number of unbranched alkanes of at least 4 members (excludes halogenated alkanes) is 1. The van der Waals surface area contributed by atoms with Crippen LogP contribution >= 0.6 is 15.9 Å². The summed E-state index contributed by atoms with van der Waals surface area (Å²) in [5.74, 6) is 1.32. The van der Waals surface area contributed by atoms with Crippen LogP contribution in [0.5, 0.6) is 0 Å². The van der Waals surface area contributed by atoms with Crippen LogP contribution in [0.1, 0.15) is 65.0 Å². The van der Waals surface area contributed by atoms with Gasteiger partial charge in [0, 0.05) is 16.3 Å². The maximum atomic E-state index is 11.3. The summed E-state index contributed by atoms with van der Waals surface area (Å²) in [6.07, 6.45) is 7.57. The summed E-state index contributed by atoms with van der Waals surface area (Å²) in [5, 5.41) is 6.98. The van der Waals surface area contributed by atoms with Gasteiger partial charge in [-0.3, -0.25) is 4.79 Å². The minimum absolute atomic E-state index is 0.0346. The van der Waals surface area contributed by atoms with Gasteiger partial charge in [0.25, 0.3) is 5.56 Å². The maximum Gasteiger partial charge on any atom is 0.264 e. The highest BCUT2D eigenvalue weighted by atomic mass is 79.9. The number of aromatic amines is 1. The number of nitrogens with zero attached hydrogens (tertiary/aromatic N) is 1. The van der Waals surface area contributed by atoms with Crippen molar-refractivity contribution in [3.8, 4) is 0 Å². The molecule has 0 spiro atoms. The molecule has 3 atom stereocenters. The predicted molar refractivity (Wildman–Crippen MR) is 91.0 cm³/mol. The molecule has 0 aromatic carbocycles. The third-order valence-corrected chi connectivity index (χ3v) is 6.41. The van der Waals surface area contributed by atoms with Crippen molar-refractivity contribution >= 4 is 15.9 Å². The summed E-state index contributed by atoms with van der Waals surface area (Å²) in [4.78, 5) is 11.7. The normalized spacial score (nSPS) is 29.8.